The predicted octanol–water partition coefficient (Wildman–Crippen LogP) is 4.34. The van der Waals surface area contributed by atoms with Crippen LogP contribution in [-0.2, 0) is 6.42 Å². The second-order valence-corrected chi connectivity index (χ2v) is 9.98. The number of nitrogens with two attached hydrogens (primary N) is 1. The normalized spacial score (nSPS) is 24.9. The first kappa shape index (κ1) is 25.2. The summed E-state index contributed by atoms with van der Waals surface area (Å²) >= 11 is 0. The highest BCUT2D eigenvalue weighted by Gasteiger charge is 2.42. The van der Waals surface area contributed by atoms with Crippen LogP contribution in [0.25, 0.3) is 11.3 Å². The summed E-state index contributed by atoms with van der Waals surface area (Å²) in [6.07, 6.45) is 4.58. The van der Waals surface area contributed by atoms with E-state index >= 15 is 4.39 Å². The number of halogens is 3. The number of fused-ring (bicyclic) bond motifs is 1. The van der Waals surface area contributed by atoms with E-state index < -0.39 is 46.3 Å². The van der Waals surface area contributed by atoms with Crippen molar-refractivity contribution in [2.45, 2.75) is 50.7 Å². The number of aliphatic hydroxyl groups is 1. The van der Waals surface area contributed by atoms with Crippen molar-refractivity contribution in [1.82, 2.24) is 9.97 Å². The minimum Gasteiger partial charge on any atom is -0.490 e. The number of ether oxygens (including phenoxy) is 1. The molecule has 1 fully saturated rings. The molecule has 1 aliphatic heterocycles. The fourth-order valence-electron chi connectivity index (χ4n) is 5.19. The van der Waals surface area contributed by atoms with Gasteiger partial charge in [-0.1, -0.05) is 6.92 Å². The summed E-state index contributed by atoms with van der Waals surface area (Å²) in [5.41, 5.74) is 5.26. The lowest BCUT2D eigenvalue weighted by Gasteiger charge is -2.44. The van der Waals surface area contributed by atoms with Crippen LogP contribution in [0.4, 0.5) is 18.9 Å². The van der Waals surface area contributed by atoms with Crippen molar-refractivity contribution in [2.24, 2.45) is 11.7 Å². The summed E-state index contributed by atoms with van der Waals surface area (Å²) in [6.45, 7) is 3.85. The summed E-state index contributed by atoms with van der Waals surface area (Å²) < 4.78 is 49.8. The smallest absolute Gasteiger partial charge is 0.274 e. The number of anilines is 1. The van der Waals surface area contributed by atoms with Gasteiger partial charge in [-0.05, 0) is 61.4 Å². The third kappa shape index (κ3) is 4.44. The molecule has 0 unspecified atom stereocenters. The lowest BCUT2D eigenvalue weighted by atomic mass is 9.68. The molecule has 0 bridgehead atoms. The Bertz CT molecular complexity index is 1370. The van der Waals surface area contributed by atoms with Crippen LogP contribution in [0.1, 0.15) is 54.2 Å². The largest absolute Gasteiger partial charge is 0.490 e. The minimum atomic E-state index is -1.05. The van der Waals surface area contributed by atoms with Gasteiger partial charge in [0, 0.05) is 24.2 Å². The van der Waals surface area contributed by atoms with E-state index in [9.17, 15) is 18.7 Å². The van der Waals surface area contributed by atoms with E-state index in [-0.39, 0.29) is 29.9 Å². The molecule has 7 nitrogen and oxygen atoms in total. The molecule has 3 aromatic rings. The van der Waals surface area contributed by atoms with Gasteiger partial charge in [0.1, 0.15) is 23.0 Å². The molecular weight excluding hydrogens is 485 g/mol. The van der Waals surface area contributed by atoms with Crippen LogP contribution in [-0.4, -0.2) is 39.2 Å². The summed E-state index contributed by atoms with van der Waals surface area (Å²) in [5, 5.41) is 13.4. The van der Waals surface area contributed by atoms with E-state index in [2.05, 4.69) is 15.3 Å². The van der Waals surface area contributed by atoms with E-state index in [0.717, 1.165) is 23.8 Å². The molecular formula is C27H27F3N4O3. The van der Waals surface area contributed by atoms with E-state index in [1.807, 2.05) is 6.92 Å². The highest BCUT2D eigenvalue weighted by molar-refractivity contribution is 6.03. The second kappa shape index (κ2) is 9.42. The van der Waals surface area contributed by atoms with Crippen molar-refractivity contribution in [3.05, 3.63) is 70.9 Å². The molecule has 0 saturated heterocycles. The van der Waals surface area contributed by atoms with Gasteiger partial charge in [-0.3, -0.25) is 9.78 Å². The molecule has 5 rings (SSSR count). The van der Waals surface area contributed by atoms with Crippen molar-refractivity contribution in [3.63, 3.8) is 0 Å². The summed E-state index contributed by atoms with van der Waals surface area (Å²) in [5.74, 6) is -3.98. The fourth-order valence-corrected chi connectivity index (χ4v) is 5.19. The zero-order valence-corrected chi connectivity index (χ0v) is 20.4. The molecule has 10 heteroatoms. The Morgan fingerprint density at radius 3 is 2.76 bits per heavy atom. The first-order valence-corrected chi connectivity index (χ1v) is 12.1. The lowest BCUT2D eigenvalue weighted by molar-refractivity contribution is -0.0463. The number of hydrogen-bond donors (Lipinski definition) is 3. The molecule has 4 N–H and O–H groups in total. The van der Waals surface area contributed by atoms with Gasteiger partial charge in [-0.2, -0.15) is 0 Å². The summed E-state index contributed by atoms with van der Waals surface area (Å²) in [7, 11) is 0. The Morgan fingerprint density at radius 1 is 1.22 bits per heavy atom. The Labute approximate surface area is 211 Å². The van der Waals surface area contributed by atoms with Gasteiger partial charge < -0.3 is 20.9 Å². The van der Waals surface area contributed by atoms with Crippen molar-refractivity contribution in [3.8, 4) is 17.0 Å². The Balaban J connectivity index is 1.45. The van der Waals surface area contributed by atoms with Crippen molar-refractivity contribution in [2.75, 3.05) is 11.9 Å². The van der Waals surface area contributed by atoms with Gasteiger partial charge in [0.25, 0.3) is 5.91 Å². The molecule has 1 saturated carbocycles. The number of hydrogen-bond acceptors (Lipinski definition) is 6. The monoisotopic (exact) mass is 512 g/mol. The van der Waals surface area contributed by atoms with E-state index in [1.165, 1.54) is 6.20 Å². The SMILES string of the molecule is C[C@H]1C[C@@H](c2ccncc2NC(=O)c2ccc(F)c(-c3c(F)cc4c(c3F)OCC4)n2)C[C@@H](N)[C@]1(C)O. The van der Waals surface area contributed by atoms with Gasteiger partial charge in [0.05, 0.1) is 29.7 Å². The van der Waals surface area contributed by atoms with Crippen LogP contribution in [0, 0.1) is 23.4 Å². The van der Waals surface area contributed by atoms with Crippen LogP contribution in [0.2, 0.25) is 0 Å². The number of amides is 1. The van der Waals surface area contributed by atoms with E-state index in [0.29, 0.717) is 30.5 Å². The Morgan fingerprint density at radius 2 is 2.00 bits per heavy atom. The topological polar surface area (TPSA) is 110 Å². The molecule has 37 heavy (non-hydrogen) atoms. The number of pyridine rings is 2. The maximum Gasteiger partial charge on any atom is 0.274 e. The number of benzene rings is 1. The number of aromatic nitrogens is 2. The second-order valence-electron chi connectivity index (χ2n) is 9.98. The number of rotatable bonds is 4. The summed E-state index contributed by atoms with van der Waals surface area (Å²) in [6, 6.07) is 4.50. The number of nitrogens with zero attached hydrogens (tertiary/aromatic N) is 2. The van der Waals surface area contributed by atoms with Gasteiger partial charge in [0.15, 0.2) is 11.6 Å². The minimum absolute atomic E-state index is 0.0464. The quantitative estimate of drug-likeness (QED) is 0.480. The molecule has 0 spiro atoms. The Hall–Kier alpha value is -3.50. The molecule has 194 valence electrons. The van der Waals surface area contributed by atoms with Gasteiger partial charge in [-0.15, -0.1) is 0 Å². The van der Waals surface area contributed by atoms with Gasteiger partial charge in [0.2, 0.25) is 0 Å². The first-order chi connectivity index (χ1) is 17.6. The molecule has 2 aromatic heterocycles. The van der Waals surface area contributed by atoms with E-state index in [1.54, 1.807) is 19.2 Å². The third-order valence-electron chi connectivity index (χ3n) is 7.65. The maximum absolute atomic E-state index is 15.0. The fraction of sp³-hybridized carbons (Fsp3) is 0.370. The first-order valence-electron chi connectivity index (χ1n) is 12.1. The van der Waals surface area contributed by atoms with Crippen LogP contribution < -0.4 is 15.8 Å². The average Bonchev–Trinajstić information content (AvgIpc) is 3.32. The van der Waals surface area contributed by atoms with Crippen LogP contribution in [0.15, 0.2) is 36.7 Å². The lowest BCUT2D eigenvalue weighted by Crippen LogP contribution is -2.54. The number of carbonyl (C=O) groups excluding carboxylic acids is 1. The zero-order valence-electron chi connectivity index (χ0n) is 20.4. The summed E-state index contributed by atoms with van der Waals surface area (Å²) in [4.78, 5) is 21.2. The molecule has 1 aromatic carbocycles. The molecule has 3 heterocycles. The predicted molar refractivity (Wildman–Crippen MR) is 131 cm³/mol. The van der Waals surface area contributed by atoms with Crippen molar-refractivity contribution in [1.29, 1.82) is 0 Å². The Kier molecular flexibility index (Phi) is 6.41. The number of nitrogens with one attached hydrogen (secondary N) is 1. The van der Waals surface area contributed by atoms with Gasteiger partial charge >= 0.3 is 0 Å². The molecule has 1 amide bonds. The van der Waals surface area contributed by atoms with Crippen LogP contribution >= 0.6 is 0 Å². The van der Waals surface area contributed by atoms with Crippen molar-refractivity contribution >= 4 is 11.6 Å². The van der Waals surface area contributed by atoms with E-state index in [4.69, 9.17) is 10.5 Å². The molecule has 0 radical (unpaired) electrons. The average molecular weight is 513 g/mol. The van der Waals surface area contributed by atoms with Crippen LogP contribution in [0.5, 0.6) is 5.75 Å². The zero-order chi connectivity index (χ0) is 26.5. The van der Waals surface area contributed by atoms with Crippen LogP contribution in [0.3, 0.4) is 0 Å². The molecule has 1 aliphatic carbocycles. The van der Waals surface area contributed by atoms with Crippen molar-refractivity contribution < 1.29 is 27.8 Å². The standard InChI is InChI=1S/C27H27F3N4O3/c1-13-9-15(11-21(31)27(13,2)36)16-5-7-32-12-20(16)34-26(35)19-4-3-17(28)24(33-19)22-18(29)10-14-6-8-37-25(14)23(22)30/h3-5,7,10,12-13,15,21,36H,6,8-9,11,31H2,1-2H3,(H,34,35)/t13-,15+,21+,27+/m0/s1. The highest BCUT2D eigenvalue weighted by atomic mass is 19.1. The highest BCUT2D eigenvalue weighted by Crippen LogP contribution is 2.43. The third-order valence-corrected chi connectivity index (χ3v) is 7.65. The maximum atomic E-state index is 15.0. The number of carbonyl (C=O) groups is 1. The van der Waals surface area contributed by atoms with Gasteiger partial charge in [-0.25, -0.2) is 18.2 Å². The molecule has 2 aliphatic rings. The molecule has 4 atom stereocenters.